The minimum absolute atomic E-state index is 0.108. The van der Waals surface area contributed by atoms with Gasteiger partial charge in [0.1, 0.15) is 17.6 Å². The number of anilines is 1. The molecule has 0 aliphatic carbocycles. The Labute approximate surface area is 234 Å². The van der Waals surface area contributed by atoms with Crippen molar-refractivity contribution < 1.29 is 14.3 Å². The zero-order valence-corrected chi connectivity index (χ0v) is 22.8. The van der Waals surface area contributed by atoms with Crippen molar-refractivity contribution in [2.45, 2.75) is 19.9 Å². The lowest BCUT2D eigenvalue weighted by Gasteiger charge is -2.25. The summed E-state index contributed by atoms with van der Waals surface area (Å²) >= 11 is 1.24. The standard InChI is InChI=1S/C31H26N4O4S/c1-3-38-24-15-13-21(14-16-24)28-27(29(36)34-23-10-5-4-6-11-23)20(2)33-31-35(28)30(37)26(40-31)19-22-9-7-8-12-25(22)39-18-17-32/h4-16,19,28H,3,18H2,1-2H3,(H,34,36)/b26-19-/t28-/m0/s1. The lowest BCUT2D eigenvalue weighted by atomic mass is 9.95. The Morgan fingerprint density at radius 1 is 1.07 bits per heavy atom. The van der Waals surface area contributed by atoms with E-state index in [1.165, 1.54) is 11.3 Å². The van der Waals surface area contributed by atoms with Gasteiger partial charge < -0.3 is 14.8 Å². The molecule has 1 aliphatic rings. The number of fused-ring (bicyclic) bond motifs is 1. The van der Waals surface area contributed by atoms with Crippen molar-refractivity contribution in [2.24, 2.45) is 4.99 Å². The van der Waals surface area contributed by atoms with Gasteiger partial charge in [0, 0.05) is 11.3 Å². The van der Waals surface area contributed by atoms with Gasteiger partial charge in [0.15, 0.2) is 11.4 Å². The summed E-state index contributed by atoms with van der Waals surface area (Å²) < 4.78 is 13.2. The zero-order chi connectivity index (χ0) is 28.1. The molecule has 0 spiro atoms. The van der Waals surface area contributed by atoms with Crippen molar-refractivity contribution in [3.8, 4) is 17.6 Å². The van der Waals surface area contributed by atoms with E-state index in [0.29, 0.717) is 50.0 Å². The first-order valence-electron chi connectivity index (χ1n) is 12.7. The molecular formula is C31H26N4O4S. The van der Waals surface area contributed by atoms with Crippen molar-refractivity contribution in [2.75, 3.05) is 18.5 Å². The Morgan fingerprint density at radius 3 is 2.52 bits per heavy atom. The van der Waals surface area contributed by atoms with Crippen LogP contribution in [0.3, 0.4) is 0 Å². The number of para-hydroxylation sites is 2. The zero-order valence-electron chi connectivity index (χ0n) is 22.0. The maximum atomic E-state index is 13.9. The van der Waals surface area contributed by atoms with Crippen LogP contribution in [0.15, 0.2) is 99.9 Å². The molecule has 0 radical (unpaired) electrons. The Bertz CT molecular complexity index is 1800. The van der Waals surface area contributed by atoms with Crippen LogP contribution in [0.25, 0.3) is 6.08 Å². The lowest BCUT2D eigenvalue weighted by molar-refractivity contribution is -0.113. The number of nitrogens with one attached hydrogen (secondary N) is 1. The van der Waals surface area contributed by atoms with E-state index in [2.05, 4.69) is 10.3 Å². The summed E-state index contributed by atoms with van der Waals surface area (Å²) in [5.74, 6) is 0.858. The number of nitrogens with zero attached hydrogens (tertiary/aromatic N) is 3. The van der Waals surface area contributed by atoms with E-state index in [-0.39, 0.29) is 18.1 Å². The molecule has 1 amide bonds. The summed E-state index contributed by atoms with van der Waals surface area (Å²) in [6.07, 6.45) is 1.73. The van der Waals surface area contributed by atoms with E-state index in [9.17, 15) is 9.59 Å². The fourth-order valence-electron chi connectivity index (χ4n) is 4.54. The maximum Gasteiger partial charge on any atom is 0.271 e. The van der Waals surface area contributed by atoms with Crippen LogP contribution in [-0.4, -0.2) is 23.7 Å². The second kappa shape index (κ2) is 11.8. The van der Waals surface area contributed by atoms with Crippen LogP contribution in [-0.2, 0) is 4.79 Å². The Kier molecular flexibility index (Phi) is 7.89. The predicted octanol–water partition coefficient (Wildman–Crippen LogP) is 4.17. The van der Waals surface area contributed by atoms with Crippen molar-refractivity contribution in [1.82, 2.24) is 4.57 Å². The number of allylic oxidation sites excluding steroid dienone is 1. The molecule has 1 atom stereocenters. The fraction of sp³-hybridized carbons (Fsp3) is 0.161. The Morgan fingerprint density at radius 2 is 1.80 bits per heavy atom. The number of hydrogen-bond acceptors (Lipinski definition) is 7. The molecule has 4 aromatic rings. The van der Waals surface area contributed by atoms with Gasteiger partial charge in [-0.25, -0.2) is 4.99 Å². The molecule has 0 fully saturated rings. The first-order valence-corrected chi connectivity index (χ1v) is 13.5. The maximum absolute atomic E-state index is 13.9. The quantitative estimate of drug-likeness (QED) is 0.354. The van der Waals surface area contributed by atoms with Crippen molar-refractivity contribution in [3.05, 3.63) is 121 Å². The van der Waals surface area contributed by atoms with E-state index in [1.807, 2.05) is 67.6 Å². The molecule has 0 saturated carbocycles. The highest BCUT2D eigenvalue weighted by Crippen LogP contribution is 2.32. The summed E-state index contributed by atoms with van der Waals surface area (Å²) in [7, 11) is 0. The summed E-state index contributed by atoms with van der Waals surface area (Å²) in [5.41, 5.74) is 2.68. The number of carbonyl (C=O) groups is 1. The van der Waals surface area contributed by atoms with Crippen LogP contribution in [0, 0.1) is 11.3 Å². The van der Waals surface area contributed by atoms with Gasteiger partial charge in [-0.3, -0.25) is 14.2 Å². The van der Waals surface area contributed by atoms with E-state index in [1.54, 1.807) is 41.8 Å². The number of thiazole rings is 1. The number of nitriles is 1. The van der Waals surface area contributed by atoms with E-state index in [4.69, 9.17) is 14.7 Å². The molecule has 3 aromatic carbocycles. The average molecular weight is 551 g/mol. The average Bonchev–Trinajstić information content (AvgIpc) is 3.27. The van der Waals surface area contributed by atoms with Crippen molar-refractivity contribution in [1.29, 1.82) is 5.26 Å². The monoisotopic (exact) mass is 550 g/mol. The number of aromatic nitrogens is 1. The van der Waals surface area contributed by atoms with E-state index >= 15 is 0 Å². The third-order valence-electron chi connectivity index (χ3n) is 6.30. The highest BCUT2D eigenvalue weighted by molar-refractivity contribution is 7.07. The molecular weight excluding hydrogens is 524 g/mol. The van der Waals surface area contributed by atoms with Crippen LogP contribution in [0.2, 0.25) is 0 Å². The Hall–Kier alpha value is -4.94. The topological polar surface area (TPSA) is 106 Å². The second-order valence-electron chi connectivity index (χ2n) is 8.89. The van der Waals surface area contributed by atoms with Gasteiger partial charge in [0.25, 0.3) is 11.5 Å². The molecule has 8 nitrogen and oxygen atoms in total. The minimum atomic E-state index is -0.706. The lowest BCUT2D eigenvalue weighted by Crippen LogP contribution is -2.40. The summed E-state index contributed by atoms with van der Waals surface area (Å²) in [5, 5.41) is 11.9. The highest BCUT2D eigenvalue weighted by atomic mass is 32.1. The molecule has 40 heavy (non-hydrogen) atoms. The largest absolute Gasteiger partial charge is 0.494 e. The highest BCUT2D eigenvalue weighted by Gasteiger charge is 2.32. The SMILES string of the molecule is CCOc1ccc([C@H]2C(C(=O)Nc3ccccc3)=C(C)N=c3s/c(=C\c4ccccc4OCC#N)c(=O)n32)cc1. The van der Waals surface area contributed by atoms with E-state index < -0.39 is 6.04 Å². The number of benzene rings is 3. The number of carbonyl (C=O) groups excluding carboxylic acids is 1. The van der Waals surface area contributed by atoms with Crippen LogP contribution >= 0.6 is 11.3 Å². The van der Waals surface area contributed by atoms with Gasteiger partial charge in [-0.1, -0.05) is 59.9 Å². The molecule has 0 unspecified atom stereocenters. The Balaban J connectivity index is 1.65. The predicted molar refractivity (Wildman–Crippen MR) is 154 cm³/mol. The van der Waals surface area contributed by atoms with Gasteiger partial charge in [-0.2, -0.15) is 5.26 Å². The minimum Gasteiger partial charge on any atom is -0.494 e. The summed E-state index contributed by atoms with van der Waals surface area (Å²) in [6.45, 7) is 4.11. The molecule has 1 aliphatic heterocycles. The molecule has 1 N–H and O–H groups in total. The van der Waals surface area contributed by atoms with Gasteiger partial charge >= 0.3 is 0 Å². The van der Waals surface area contributed by atoms with Gasteiger partial charge in [-0.15, -0.1) is 0 Å². The molecule has 5 rings (SSSR count). The van der Waals surface area contributed by atoms with Gasteiger partial charge in [-0.05, 0) is 55.8 Å². The van der Waals surface area contributed by atoms with Crippen LogP contribution < -0.4 is 29.7 Å². The summed E-state index contributed by atoms with van der Waals surface area (Å²) in [6, 6.07) is 25.0. The molecule has 9 heteroatoms. The molecule has 2 heterocycles. The molecule has 0 bridgehead atoms. The van der Waals surface area contributed by atoms with E-state index in [0.717, 1.165) is 5.56 Å². The number of hydrogen-bond donors (Lipinski definition) is 1. The molecule has 1 aromatic heterocycles. The number of ether oxygens (including phenoxy) is 2. The number of rotatable bonds is 8. The van der Waals surface area contributed by atoms with Gasteiger partial charge in [0.05, 0.1) is 28.5 Å². The van der Waals surface area contributed by atoms with Crippen molar-refractivity contribution >= 4 is 29.0 Å². The fourth-order valence-corrected chi connectivity index (χ4v) is 5.58. The second-order valence-corrected chi connectivity index (χ2v) is 9.90. The third kappa shape index (κ3) is 5.44. The summed E-state index contributed by atoms with van der Waals surface area (Å²) in [4.78, 5) is 32.8. The first-order chi connectivity index (χ1) is 19.5. The smallest absolute Gasteiger partial charge is 0.271 e. The molecule has 0 saturated heterocycles. The first kappa shape index (κ1) is 26.7. The van der Waals surface area contributed by atoms with Crippen molar-refractivity contribution in [3.63, 3.8) is 0 Å². The number of amides is 1. The van der Waals surface area contributed by atoms with Crippen LogP contribution in [0.4, 0.5) is 5.69 Å². The van der Waals surface area contributed by atoms with Crippen LogP contribution in [0.1, 0.15) is 31.0 Å². The van der Waals surface area contributed by atoms with Crippen LogP contribution in [0.5, 0.6) is 11.5 Å². The normalized spacial score (nSPS) is 14.6. The van der Waals surface area contributed by atoms with Gasteiger partial charge in [0.2, 0.25) is 0 Å². The third-order valence-corrected chi connectivity index (χ3v) is 7.29. The molecule has 200 valence electrons.